The van der Waals surface area contributed by atoms with Gasteiger partial charge >= 0.3 is 0 Å². The first-order valence-corrected chi connectivity index (χ1v) is 9.04. The summed E-state index contributed by atoms with van der Waals surface area (Å²) < 4.78 is 16.2. The number of ether oxygens (including phenoxy) is 2. The lowest BCUT2D eigenvalue weighted by atomic mass is 10.1. The number of hydrogen-bond acceptors (Lipinski definition) is 6. The van der Waals surface area contributed by atoms with Crippen LogP contribution in [0.3, 0.4) is 0 Å². The standard InChI is InChI=1S/C21H23N3O4/c1-4-24(20(25)14-27-18-11-6-5-10-17(18)26-3)13-19-22-21(23-28-19)16-9-7-8-15(2)12-16/h5-12H,4,13-14H2,1-3H3. The van der Waals surface area contributed by atoms with Crippen molar-refractivity contribution in [2.24, 2.45) is 0 Å². The fourth-order valence-corrected chi connectivity index (χ4v) is 2.73. The highest BCUT2D eigenvalue weighted by atomic mass is 16.5. The molecule has 7 heteroatoms. The number of aryl methyl sites for hydroxylation is 1. The molecule has 1 heterocycles. The molecule has 146 valence electrons. The second-order valence-corrected chi connectivity index (χ2v) is 6.23. The highest BCUT2D eigenvalue weighted by Gasteiger charge is 2.18. The summed E-state index contributed by atoms with van der Waals surface area (Å²) in [5.74, 6) is 1.81. The zero-order chi connectivity index (χ0) is 19.9. The van der Waals surface area contributed by atoms with E-state index in [2.05, 4.69) is 10.1 Å². The molecule has 1 aromatic heterocycles. The molecule has 1 amide bonds. The van der Waals surface area contributed by atoms with Crippen molar-refractivity contribution < 1.29 is 18.8 Å². The molecule has 28 heavy (non-hydrogen) atoms. The fourth-order valence-electron chi connectivity index (χ4n) is 2.73. The molecule has 0 aliphatic heterocycles. The molecule has 3 rings (SSSR count). The molecule has 2 aromatic carbocycles. The molecule has 0 bridgehead atoms. The van der Waals surface area contributed by atoms with Crippen LogP contribution in [0.1, 0.15) is 18.4 Å². The van der Waals surface area contributed by atoms with Crippen LogP contribution in [-0.2, 0) is 11.3 Å². The second kappa shape index (κ2) is 9.03. The summed E-state index contributed by atoms with van der Waals surface area (Å²) in [6.45, 7) is 4.51. The molecule has 0 unspecified atom stereocenters. The van der Waals surface area contributed by atoms with Crippen LogP contribution in [0.4, 0.5) is 0 Å². The second-order valence-electron chi connectivity index (χ2n) is 6.23. The van der Waals surface area contributed by atoms with Gasteiger partial charge in [0.15, 0.2) is 18.1 Å². The van der Waals surface area contributed by atoms with Crippen LogP contribution in [-0.4, -0.2) is 41.2 Å². The molecule has 0 saturated carbocycles. The predicted molar refractivity (Wildman–Crippen MR) is 104 cm³/mol. The lowest BCUT2D eigenvalue weighted by molar-refractivity contribution is -0.134. The Balaban J connectivity index is 1.63. The lowest BCUT2D eigenvalue weighted by Crippen LogP contribution is -2.34. The van der Waals surface area contributed by atoms with Gasteiger partial charge in [-0.15, -0.1) is 0 Å². The highest BCUT2D eigenvalue weighted by Crippen LogP contribution is 2.25. The van der Waals surface area contributed by atoms with Crippen molar-refractivity contribution in [1.29, 1.82) is 0 Å². The van der Waals surface area contributed by atoms with Gasteiger partial charge in [-0.1, -0.05) is 41.1 Å². The number of carbonyl (C=O) groups excluding carboxylic acids is 1. The number of benzene rings is 2. The number of para-hydroxylation sites is 2. The van der Waals surface area contributed by atoms with Crippen molar-refractivity contribution in [3.05, 3.63) is 60.0 Å². The van der Waals surface area contributed by atoms with Gasteiger partial charge in [-0.3, -0.25) is 4.79 Å². The van der Waals surface area contributed by atoms with E-state index < -0.39 is 0 Å². The number of aromatic nitrogens is 2. The summed E-state index contributed by atoms with van der Waals surface area (Å²) in [7, 11) is 1.56. The Bertz CT molecular complexity index is 939. The van der Waals surface area contributed by atoms with Gasteiger partial charge in [0, 0.05) is 12.1 Å². The van der Waals surface area contributed by atoms with E-state index in [-0.39, 0.29) is 19.1 Å². The normalized spacial score (nSPS) is 10.5. The third kappa shape index (κ3) is 4.68. The van der Waals surface area contributed by atoms with Crippen molar-refractivity contribution in [3.8, 4) is 22.9 Å². The number of amides is 1. The van der Waals surface area contributed by atoms with Gasteiger partial charge in [0.05, 0.1) is 7.11 Å². The van der Waals surface area contributed by atoms with Gasteiger partial charge in [-0.05, 0) is 32.0 Å². The minimum absolute atomic E-state index is 0.104. The first-order valence-electron chi connectivity index (χ1n) is 9.04. The van der Waals surface area contributed by atoms with Gasteiger partial charge in [0.2, 0.25) is 11.7 Å². The molecule has 0 radical (unpaired) electrons. The number of likely N-dealkylation sites (N-methyl/N-ethyl adjacent to an activating group) is 1. The summed E-state index contributed by atoms with van der Waals surface area (Å²) >= 11 is 0. The quantitative estimate of drug-likeness (QED) is 0.594. The molecule has 3 aromatic rings. The monoisotopic (exact) mass is 381 g/mol. The van der Waals surface area contributed by atoms with E-state index in [4.69, 9.17) is 14.0 Å². The molecular formula is C21H23N3O4. The molecule has 0 aliphatic carbocycles. The predicted octanol–water partition coefficient (Wildman–Crippen LogP) is 3.48. The minimum Gasteiger partial charge on any atom is -0.493 e. The van der Waals surface area contributed by atoms with Crippen molar-refractivity contribution >= 4 is 5.91 Å². The molecular weight excluding hydrogens is 358 g/mol. The van der Waals surface area contributed by atoms with E-state index in [0.717, 1.165) is 11.1 Å². The van der Waals surface area contributed by atoms with Crippen LogP contribution in [0.5, 0.6) is 11.5 Å². The highest BCUT2D eigenvalue weighted by molar-refractivity contribution is 5.77. The zero-order valence-electron chi connectivity index (χ0n) is 16.2. The smallest absolute Gasteiger partial charge is 0.260 e. The summed E-state index contributed by atoms with van der Waals surface area (Å²) in [5.41, 5.74) is 1.99. The van der Waals surface area contributed by atoms with E-state index >= 15 is 0 Å². The third-order valence-electron chi connectivity index (χ3n) is 4.23. The number of nitrogens with zero attached hydrogens (tertiary/aromatic N) is 3. The van der Waals surface area contributed by atoms with Gasteiger partial charge in [-0.25, -0.2) is 0 Å². The molecule has 7 nitrogen and oxygen atoms in total. The summed E-state index contributed by atoms with van der Waals surface area (Å²) in [6.07, 6.45) is 0. The van der Waals surface area contributed by atoms with Gasteiger partial charge in [0.25, 0.3) is 5.91 Å². The Hall–Kier alpha value is -3.35. The summed E-state index contributed by atoms with van der Waals surface area (Å²) in [4.78, 5) is 18.5. The Kier molecular flexibility index (Phi) is 6.26. The Morgan fingerprint density at radius 2 is 1.93 bits per heavy atom. The van der Waals surface area contributed by atoms with Gasteiger partial charge < -0.3 is 18.9 Å². The third-order valence-corrected chi connectivity index (χ3v) is 4.23. The number of carbonyl (C=O) groups is 1. The van der Waals surface area contributed by atoms with Crippen LogP contribution < -0.4 is 9.47 Å². The van der Waals surface area contributed by atoms with E-state index in [1.807, 2.05) is 50.2 Å². The minimum atomic E-state index is -0.177. The van der Waals surface area contributed by atoms with Crippen LogP contribution in [0.25, 0.3) is 11.4 Å². The zero-order valence-corrected chi connectivity index (χ0v) is 16.2. The average molecular weight is 381 g/mol. The van der Waals surface area contributed by atoms with Gasteiger partial charge in [-0.2, -0.15) is 4.98 Å². The largest absolute Gasteiger partial charge is 0.493 e. The van der Waals surface area contributed by atoms with Crippen LogP contribution in [0.2, 0.25) is 0 Å². The average Bonchev–Trinajstić information content (AvgIpc) is 3.19. The fraction of sp³-hybridized carbons (Fsp3) is 0.286. The maximum absolute atomic E-state index is 12.5. The molecule has 0 fully saturated rings. The number of rotatable bonds is 8. The summed E-state index contributed by atoms with van der Waals surface area (Å²) in [6, 6.07) is 15.1. The SMILES string of the molecule is CCN(Cc1nc(-c2cccc(C)c2)no1)C(=O)COc1ccccc1OC. The maximum Gasteiger partial charge on any atom is 0.260 e. The van der Waals surface area contributed by atoms with Crippen LogP contribution >= 0.6 is 0 Å². The Labute approximate surface area is 163 Å². The topological polar surface area (TPSA) is 77.7 Å². The molecule has 0 aliphatic rings. The first-order chi connectivity index (χ1) is 13.6. The molecule has 0 spiro atoms. The Morgan fingerprint density at radius 3 is 2.64 bits per heavy atom. The van der Waals surface area contributed by atoms with E-state index in [1.54, 1.807) is 24.1 Å². The molecule has 0 atom stereocenters. The van der Waals surface area contributed by atoms with Crippen molar-refractivity contribution in [3.63, 3.8) is 0 Å². The Morgan fingerprint density at radius 1 is 1.14 bits per heavy atom. The van der Waals surface area contributed by atoms with E-state index in [0.29, 0.717) is 29.8 Å². The lowest BCUT2D eigenvalue weighted by Gasteiger charge is -2.19. The number of methoxy groups -OCH3 is 1. The number of hydrogen-bond donors (Lipinski definition) is 0. The van der Waals surface area contributed by atoms with Crippen molar-refractivity contribution in [2.75, 3.05) is 20.3 Å². The van der Waals surface area contributed by atoms with Crippen molar-refractivity contribution in [2.45, 2.75) is 20.4 Å². The maximum atomic E-state index is 12.5. The first kappa shape index (κ1) is 19.4. The van der Waals surface area contributed by atoms with E-state index in [9.17, 15) is 4.79 Å². The van der Waals surface area contributed by atoms with Crippen molar-refractivity contribution in [1.82, 2.24) is 15.0 Å². The van der Waals surface area contributed by atoms with E-state index in [1.165, 1.54) is 0 Å². The van der Waals surface area contributed by atoms with Crippen LogP contribution in [0, 0.1) is 6.92 Å². The molecule has 0 N–H and O–H groups in total. The van der Waals surface area contributed by atoms with Gasteiger partial charge in [0.1, 0.15) is 6.54 Å². The molecule has 0 saturated heterocycles. The summed E-state index contributed by atoms with van der Waals surface area (Å²) in [5, 5.41) is 4.02. The van der Waals surface area contributed by atoms with Crippen LogP contribution in [0.15, 0.2) is 53.1 Å².